The summed E-state index contributed by atoms with van der Waals surface area (Å²) in [6.45, 7) is 2.63. The lowest BCUT2D eigenvalue weighted by Crippen LogP contribution is -2.41. The number of carboxylic acid groups (broad SMARTS) is 1. The number of halogens is 2. The van der Waals surface area contributed by atoms with Crippen LogP contribution in [0.1, 0.15) is 43.2 Å². The summed E-state index contributed by atoms with van der Waals surface area (Å²) < 4.78 is 1.01. The van der Waals surface area contributed by atoms with E-state index in [1.54, 1.807) is 0 Å². The van der Waals surface area contributed by atoms with Crippen LogP contribution in [0.3, 0.4) is 0 Å². The number of carboxylic acids is 1. The van der Waals surface area contributed by atoms with E-state index in [4.69, 9.17) is 11.6 Å². The fraction of sp³-hybridized carbons (Fsp3) is 0.588. The fourth-order valence-electron chi connectivity index (χ4n) is 4.03. The highest BCUT2D eigenvalue weighted by Gasteiger charge is 2.45. The normalized spacial score (nSPS) is 28.6. The van der Waals surface area contributed by atoms with E-state index >= 15 is 0 Å². The Morgan fingerprint density at radius 2 is 2.14 bits per heavy atom. The smallest absolute Gasteiger partial charge is 0.320 e. The third-order valence-corrected chi connectivity index (χ3v) is 6.33. The third kappa shape index (κ3) is 3.06. The average molecular weight is 387 g/mol. The topological polar surface area (TPSA) is 40.5 Å². The van der Waals surface area contributed by atoms with Crippen LogP contribution in [0.2, 0.25) is 5.02 Å². The molecule has 22 heavy (non-hydrogen) atoms. The highest BCUT2D eigenvalue weighted by atomic mass is 79.9. The minimum atomic E-state index is -0.691. The van der Waals surface area contributed by atoms with Gasteiger partial charge in [-0.15, -0.1) is 0 Å². The lowest BCUT2D eigenvalue weighted by Gasteiger charge is -2.33. The molecule has 0 radical (unpaired) electrons. The molecule has 3 rings (SSSR count). The van der Waals surface area contributed by atoms with Crippen molar-refractivity contribution in [1.82, 2.24) is 4.90 Å². The van der Waals surface area contributed by atoms with E-state index in [1.807, 2.05) is 19.1 Å². The third-order valence-electron chi connectivity index (χ3n) is 5.19. The van der Waals surface area contributed by atoms with Crippen LogP contribution in [0, 0.1) is 12.8 Å². The number of hydrogen-bond acceptors (Lipinski definition) is 2. The molecule has 120 valence electrons. The number of benzene rings is 1. The molecule has 0 bridgehead atoms. The molecular formula is C17H21BrClNO2. The first kappa shape index (κ1) is 16.3. The molecular weight excluding hydrogens is 366 g/mol. The monoisotopic (exact) mass is 385 g/mol. The molecule has 3 unspecified atom stereocenters. The van der Waals surface area contributed by atoms with Crippen LogP contribution in [-0.2, 0) is 11.3 Å². The van der Waals surface area contributed by atoms with E-state index in [9.17, 15) is 9.90 Å². The van der Waals surface area contributed by atoms with E-state index in [0.29, 0.717) is 18.5 Å². The second-order valence-electron chi connectivity index (χ2n) is 6.57. The van der Waals surface area contributed by atoms with Crippen LogP contribution in [0.15, 0.2) is 16.6 Å². The molecule has 1 saturated carbocycles. The Hall–Kier alpha value is -0.580. The highest BCUT2D eigenvalue weighted by molar-refractivity contribution is 9.10. The first-order valence-electron chi connectivity index (χ1n) is 7.90. The van der Waals surface area contributed by atoms with Gasteiger partial charge < -0.3 is 5.11 Å². The highest BCUT2D eigenvalue weighted by Crippen LogP contribution is 2.41. The quantitative estimate of drug-likeness (QED) is 0.823. The van der Waals surface area contributed by atoms with Gasteiger partial charge >= 0.3 is 5.97 Å². The second-order valence-corrected chi connectivity index (χ2v) is 7.83. The molecule has 1 aromatic carbocycles. The predicted octanol–water partition coefficient (Wildman–Crippen LogP) is 4.63. The van der Waals surface area contributed by atoms with Crippen molar-refractivity contribution < 1.29 is 9.90 Å². The van der Waals surface area contributed by atoms with Crippen molar-refractivity contribution in [2.45, 2.75) is 57.7 Å². The van der Waals surface area contributed by atoms with Crippen molar-refractivity contribution in [2.75, 3.05) is 0 Å². The minimum absolute atomic E-state index is 0.361. The standard InChI is InChI=1S/C17H21BrClNO2/c1-10-6-13(18)12(7-14(10)19)9-20-15-5-3-2-4-11(15)8-16(20)17(21)22/h6-7,11,15-16H,2-5,8-9H2,1H3,(H,21,22). The predicted molar refractivity (Wildman–Crippen MR) is 91.2 cm³/mol. The number of rotatable bonds is 3. The van der Waals surface area contributed by atoms with Crippen molar-refractivity contribution in [1.29, 1.82) is 0 Å². The Kier molecular flexibility index (Phi) is 4.81. The van der Waals surface area contributed by atoms with Crippen LogP contribution in [-0.4, -0.2) is 28.1 Å². The summed E-state index contributed by atoms with van der Waals surface area (Å²) in [6.07, 6.45) is 5.52. The van der Waals surface area contributed by atoms with Crippen LogP contribution in [0.5, 0.6) is 0 Å². The number of nitrogens with zero attached hydrogens (tertiary/aromatic N) is 1. The van der Waals surface area contributed by atoms with E-state index < -0.39 is 5.97 Å². The Morgan fingerprint density at radius 1 is 1.41 bits per heavy atom. The van der Waals surface area contributed by atoms with E-state index in [1.165, 1.54) is 19.3 Å². The lowest BCUT2D eigenvalue weighted by molar-refractivity contribution is -0.142. The molecule has 1 aliphatic carbocycles. The number of fused-ring (bicyclic) bond motifs is 1. The molecule has 3 atom stereocenters. The van der Waals surface area contributed by atoms with Crippen LogP contribution in [0.25, 0.3) is 0 Å². The van der Waals surface area contributed by atoms with Gasteiger partial charge in [-0.2, -0.15) is 0 Å². The molecule has 2 fully saturated rings. The van der Waals surface area contributed by atoms with Gasteiger partial charge in [-0.1, -0.05) is 40.4 Å². The summed E-state index contributed by atoms with van der Waals surface area (Å²) >= 11 is 9.85. The van der Waals surface area contributed by atoms with Crippen molar-refractivity contribution >= 4 is 33.5 Å². The molecule has 3 nitrogen and oxygen atoms in total. The summed E-state index contributed by atoms with van der Waals surface area (Å²) in [6, 6.07) is 4.03. The van der Waals surface area contributed by atoms with Crippen molar-refractivity contribution in [3.05, 3.63) is 32.8 Å². The van der Waals surface area contributed by atoms with Crippen molar-refractivity contribution in [2.24, 2.45) is 5.92 Å². The van der Waals surface area contributed by atoms with Gasteiger partial charge in [-0.05, 0) is 55.4 Å². The van der Waals surface area contributed by atoms with Gasteiger partial charge in [0.05, 0.1) is 0 Å². The zero-order chi connectivity index (χ0) is 15.9. The maximum Gasteiger partial charge on any atom is 0.320 e. The molecule has 1 aromatic rings. The Bertz CT molecular complexity index is 592. The number of hydrogen-bond donors (Lipinski definition) is 1. The number of aliphatic carboxylic acids is 1. The first-order chi connectivity index (χ1) is 10.5. The second kappa shape index (κ2) is 6.50. The fourth-order valence-corrected chi connectivity index (χ4v) is 4.80. The summed E-state index contributed by atoms with van der Waals surface area (Å²) in [4.78, 5) is 13.9. The number of carbonyl (C=O) groups is 1. The first-order valence-corrected chi connectivity index (χ1v) is 9.07. The lowest BCUT2D eigenvalue weighted by atomic mass is 9.84. The van der Waals surface area contributed by atoms with Crippen molar-refractivity contribution in [3.8, 4) is 0 Å². The molecule has 1 N–H and O–H groups in total. The van der Waals surface area contributed by atoms with Gasteiger partial charge in [0.2, 0.25) is 0 Å². The average Bonchev–Trinajstić information content (AvgIpc) is 2.84. The van der Waals surface area contributed by atoms with Gasteiger partial charge in [0.25, 0.3) is 0 Å². The molecule has 1 heterocycles. The molecule has 1 aliphatic heterocycles. The summed E-state index contributed by atoms with van der Waals surface area (Å²) in [7, 11) is 0. The van der Waals surface area contributed by atoms with Gasteiger partial charge in [0.1, 0.15) is 6.04 Å². The molecule has 0 amide bonds. The van der Waals surface area contributed by atoms with Crippen molar-refractivity contribution in [3.63, 3.8) is 0 Å². The SMILES string of the molecule is Cc1cc(Br)c(CN2C(C(=O)O)CC3CCCCC32)cc1Cl. The molecule has 2 aliphatic rings. The van der Waals surface area contributed by atoms with E-state index in [-0.39, 0.29) is 6.04 Å². The summed E-state index contributed by atoms with van der Waals surface area (Å²) in [5.41, 5.74) is 2.11. The molecule has 0 spiro atoms. The maximum absolute atomic E-state index is 11.7. The Labute approximate surface area is 144 Å². The number of aryl methyl sites for hydroxylation is 1. The van der Waals surface area contributed by atoms with Crippen LogP contribution < -0.4 is 0 Å². The maximum atomic E-state index is 11.7. The van der Waals surface area contributed by atoms with Gasteiger partial charge in [-0.3, -0.25) is 9.69 Å². The minimum Gasteiger partial charge on any atom is -0.480 e. The molecule has 1 saturated heterocycles. The zero-order valence-corrected chi connectivity index (χ0v) is 15.0. The zero-order valence-electron chi connectivity index (χ0n) is 12.7. The number of likely N-dealkylation sites (tertiary alicyclic amines) is 1. The van der Waals surface area contributed by atoms with E-state index in [2.05, 4.69) is 20.8 Å². The molecule has 5 heteroatoms. The summed E-state index contributed by atoms with van der Waals surface area (Å²) in [5.74, 6) is -0.154. The van der Waals surface area contributed by atoms with Crippen LogP contribution in [0.4, 0.5) is 0 Å². The van der Waals surface area contributed by atoms with Gasteiger partial charge in [0.15, 0.2) is 0 Å². The van der Waals surface area contributed by atoms with Gasteiger partial charge in [0, 0.05) is 22.1 Å². The Balaban J connectivity index is 1.88. The van der Waals surface area contributed by atoms with Crippen LogP contribution >= 0.6 is 27.5 Å². The molecule has 0 aromatic heterocycles. The van der Waals surface area contributed by atoms with E-state index in [0.717, 1.165) is 33.5 Å². The van der Waals surface area contributed by atoms with Gasteiger partial charge in [-0.25, -0.2) is 0 Å². The summed E-state index contributed by atoms with van der Waals surface area (Å²) in [5, 5.41) is 10.3. The Morgan fingerprint density at radius 3 is 2.86 bits per heavy atom. The largest absolute Gasteiger partial charge is 0.480 e.